The van der Waals surface area contributed by atoms with Crippen molar-refractivity contribution in [2.45, 2.75) is 367 Å². The van der Waals surface area contributed by atoms with Gasteiger partial charge in [-0.3, -0.25) is 37.3 Å². The van der Waals surface area contributed by atoms with Crippen molar-refractivity contribution < 1.29 is 80.2 Å². The molecule has 5 atom stereocenters. The summed E-state index contributed by atoms with van der Waals surface area (Å²) in [7, 11) is -9.89. The molecule has 2 unspecified atom stereocenters. The lowest BCUT2D eigenvalue weighted by Gasteiger charge is -2.21. The molecular weight excluding hydrogens is 1140 g/mol. The molecule has 17 nitrogen and oxygen atoms in total. The van der Waals surface area contributed by atoms with E-state index in [-0.39, 0.29) is 25.7 Å². The average molecular weight is 1270 g/mol. The van der Waals surface area contributed by atoms with Crippen LogP contribution in [0.3, 0.4) is 0 Å². The zero-order chi connectivity index (χ0) is 63.3. The van der Waals surface area contributed by atoms with E-state index in [1.807, 2.05) is 0 Å². The van der Waals surface area contributed by atoms with E-state index in [2.05, 4.69) is 27.7 Å². The molecule has 0 aliphatic carbocycles. The average Bonchev–Trinajstić information content (AvgIpc) is 3.65. The monoisotopic (exact) mass is 1270 g/mol. The molecular formula is C67H130O17P2. The van der Waals surface area contributed by atoms with Gasteiger partial charge < -0.3 is 33.8 Å². The van der Waals surface area contributed by atoms with Crippen LogP contribution in [0.4, 0.5) is 0 Å². The first-order chi connectivity index (χ1) is 41.7. The second kappa shape index (κ2) is 61.9. The largest absolute Gasteiger partial charge is 0.472 e. The molecule has 19 heteroatoms. The predicted molar refractivity (Wildman–Crippen MR) is 345 cm³/mol. The number of unbranched alkanes of at least 4 members (excludes halogenated alkanes) is 42. The van der Waals surface area contributed by atoms with E-state index in [1.54, 1.807) is 0 Å². The second-order valence-corrected chi connectivity index (χ2v) is 27.1. The second-order valence-electron chi connectivity index (χ2n) is 24.2. The van der Waals surface area contributed by atoms with Crippen LogP contribution >= 0.6 is 15.6 Å². The van der Waals surface area contributed by atoms with Crippen molar-refractivity contribution in [1.29, 1.82) is 0 Å². The van der Waals surface area contributed by atoms with Crippen molar-refractivity contribution in [3.63, 3.8) is 0 Å². The minimum atomic E-state index is -4.95. The molecule has 0 fully saturated rings. The summed E-state index contributed by atoms with van der Waals surface area (Å²) in [6.45, 7) is 4.91. The normalized spacial score (nSPS) is 14.1. The van der Waals surface area contributed by atoms with Crippen LogP contribution in [0.15, 0.2) is 0 Å². The van der Waals surface area contributed by atoms with Crippen LogP contribution in [-0.2, 0) is 65.4 Å². The number of hydrogen-bond donors (Lipinski definition) is 3. The number of carbonyl (C=O) groups excluding carboxylic acids is 4. The molecule has 0 bridgehead atoms. The highest BCUT2D eigenvalue weighted by atomic mass is 31.2. The van der Waals surface area contributed by atoms with Crippen molar-refractivity contribution in [3.8, 4) is 0 Å². The SMILES string of the molecule is CCCCCCCCCCCCCCCCC(=O)O[C@H](COC(=O)CCCCCCCCCCCCCCC)COP(=O)(O)OC[C@@H](O)COP(=O)(O)OC[C@@H](COC(=O)CCCCCCCCCCC)OC(=O)CCCCCCCCCCCC. The van der Waals surface area contributed by atoms with Gasteiger partial charge in [-0.05, 0) is 25.7 Å². The first-order valence-electron chi connectivity index (χ1n) is 35.3. The number of ether oxygens (including phenoxy) is 4. The van der Waals surface area contributed by atoms with Crippen LogP contribution in [0, 0.1) is 0 Å². The van der Waals surface area contributed by atoms with Crippen LogP contribution in [0.1, 0.15) is 349 Å². The Balaban J connectivity index is 5.23. The molecule has 510 valence electrons. The van der Waals surface area contributed by atoms with Crippen molar-refractivity contribution in [2.24, 2.45) is 0 Å². The maximum Gasteiger partial charge on any atom is 0.472 e. The van der Waals surface area contributed by atoms with Crippen LogP contribution in [0.25, 0.3) is 0 Å². The number of aliphatic hydroxyl groups excluding tert-OH is 1. The highest BCUT2D eigenvalue weighted by molar-refractivity contribution is 7.47. The van der Waals surface area contributed by atoms with Gasteiger partial charge in [0.15, 0.2) is 12.2 Å². The maximum atomic E-state index is 13.0. The number of hydrogen-bond acceptors (Lipinski definition) is 15. The molecule has 0 radical (unpaired) electrons. The highest BCUT2D eigenvalue weighted by Crippen LogP contribution is 2.45. The number of esters is 4. The van der Waals surface area contributed by atoms with E-state index in [0.717, 1.165) is 89.9 Å². The van der Waals surface area contributed by atoms with Crippen molar-refractivity contribution in [2.75, 3.05) is 39.6 Å². The molecule has 0 aromatic heterocycles. The highest BCUT2D eigenvalue weighted by Gasteiger charge is 2.30. The van der Waals surface area contributed by atoms with Crippen LogP contribution in [0.5, 0.6) is 0 Å². The van der Waals surface area contributed by atoms with Crippen molar-refractivity contribution in [1.82, 2.24) is 0 Å². The zero-order valence-corrected chi connectivity index (χ0v) is 57.1. The fraction of sp³-hybridized carbons (Fsp3) is 0.940. The standard InChI is InChI=1S/C67H130O17P2/c1-5-9-13-17-21-25-28-30-32-34-38-42-46-50-54-67(72)84-63(58-78-65(70)52-48-44-40-37-33-31-29-26-22-18-14-10-6-2)60-82-86(75,76)80-56-61(68)55-79-85(73,74)81-59-62(57-77-64(69)51-47-43-39-35-24-20-16-12-8-4)83-66(71)53-49-45-41-36-27-23-19-15-11-7-3/h61-63,68H,5-60H2,1-4H3,(H,73,74)(H,75,76)/t61-,62+,63+/m0/s1. The molecule has 86 heavy (non-hydrogen) atoms. The van der Waals surface area contributed by atoms with Gasteiger partial charge in [0.1, 0.15) is 19.3 Å². The topological polar surface area (TPSA) is 237 Å². The number of phosphoric ester groups is 2. The van der Waals surface area contributed by atoms with Gasteiger partial charge in [0.25, 0.3) is 0 Å². The minimum absolute atomic E-state index is 0.107. The molecule has 0 aliphatic rings. The molecule has 3 N–H and O–H groups in total. The summed E-state index contributed by atoms with van der Waals surface area (Å²) in [6, 6.07) is 0. The van der Waals surface area contributed by atoms with E-state index in [9.17, 15) is 43.2 Å². The summed E-state index contributed by atoms with van der Waals surface area (Å²) in [4.78, 5) is 72.3. The Hall–Kier alpha value is -1.94. The summed E-state index contributed by atoms with van der Waals surface area (Å²) in [5, 5.41) is 10.6. The fourth-order valence-corrected chi connectivity index (χ4v) is 11.7. The van der Waals surface area contributed by atoms with Crippen LogP contribution < -0.4 is 0 Å². The van der Waals surface area contributed by atoms with E-state index in [0.29, 0.717) is 25.7 Å². The summed E-state index contributed by atoms with van der Waals surface area (Å²) in [6.07, 6.45) is 48.4. The number of phosphoric acid groups is 2. The first kappa shape index (κ1) is 84.1. The Kier molecular flexibility index (Phi) is 60.5. The van der Waals surface area contributed by atoms with Gasteiger partial charge in [-0.25, -0.2) is 9.13 Å². The minimum Gasteiger partial charge on any atom is -0.462 e. The molecule has 0 rings (SSSR count). The Bertz CT molecular complexity index is 1650. The molecule has 0 saturated heterocycles. The summed E-state index contributed by atoms with van der Waals surface area (Å²) >= 11 is 0. The van der Waals surface area contributed by atoms with Crippen molar-refractivity contribution >= 4 is 39.5 Å². The Morgan fingerprint density at radius 2 is 0.465 bits per heavy atom. The van der Waals surface area contributed by atoms with Gasteiger partial charge in [-0.2, -0.15) is 0 Å². The van der Waals surface area contributed by atoms with Crippen LogP contribution in [-0.4, -0.2) is 96.7 Å². The third-order valence-corrected chi connectivity index (χ3v) is 17.5. The number of aliphatic hydroxyl groups is 1. The molecule has 0 heterocycles. The summed E-state index contributed by atoms with van der Waals surface area (Å²) in [5.74, 6) is -2.12. The number of carbonyl (C=O) groups is 4. The lowest BCUT2D eigenvalue weighted by atomic mass is 10.0. The van der Waals surface area contributed by atoms with Crippen LogP contribution in [0.2, 0.25) is 0 Å². The smallest absolute Gasteiger partial charge is 0.462 e. The van der Waals surface area contributed by atoms with Gasteiger partial charge >= 0.3 is 39.5 Å². The maximum absolute atomic E-state index is 13.0. The quantitative estimate of drug-likeness (QED) is 0.0222. The molecule has 0 aliphatic heterocycles. The van der Waals surface area contributed by atoms with E-state index >= 15 is 0 Å². The third-order valence-electron chi connectivity index (χ3n) is 15.6. The van der Waals surface area contributed by atoms with Crippen molar-refractivity contribution in [3.05, 3.63) is 0 Å². The molecule has 0 amide bonds. The van der Waals surface area contributed by atoms with Gasteiger partial charge in [0.2, 0.25) is 0 Å². The summed E-state index contributed by atoms with van der Waals surface area (Å²) < 4.78 is 68.1. The van der Waals surface area contributed by atoms with E-state index in [4.69, 9.17) is 37.0 Å². The van der Waals surface area contributed by atoms with E-state index < -0.39 is 97.5 Å². The molecule has 0 aromatic rings. The lowest BCUT2D eigenvalue weighted by molar-refractivity contribution is -0.161. The molecule has 0 spiro atoms. The Morgan fingerprint density at radius 3 is 0.686 bits per heavy atom. The lowest BCUT2D eigenvalue weighted by Crippen LogP contribution is -2.30. The van der Waals surface area contributed by atoms with E-state index in [1.165, 1.54) is 180 Å². The first-order valence-corrected chi connectivity index (χ1v) is 38.3. The third kappa shape index (κ3) is 60.9. The predicted octanol–water partition coefficient (Wildman–Crippen LogP) is 19.1. The Morgan fingerprint density at radius 1 is 0.279 bits per heavy atom. The zero-order valence-electron chi connectivity index (χ0n) is 55.3. The number of rotatable bonds is 68. The summed E-state index contributed by atoms with van der Waals surface area (Å²) in [5.41, 5.74) is 0. The van der Waals surface area contributed by atoms with Gasteiger partial charge in [-0.15, -0.1) is 0 Å². The Labute approximate surface area is 524 Å². The molecule has 0 aromatic carbocycles. The van der Waals surface area contributed by atoms with Gasteiger partial charge in [0.05, 0.1) is 26.4 Å². The molecule has 0 saturated carbocycles. The fourth-order valence-electron chi connectivity index (χ4n) is 10.2. The van der Waals surface area contributed by atoms with Gasteiger partial charge in [0, 0.05) is 25.7 Å². The van der Waals surface area contributed by atoms with Gasteiger partial charge in [-0.1, -0.05) is 297 Å².